The Bertz CT molecular complexity index is 1090. The number of hydrogen-bond donors (Lipinski definition) is 3. The highest BCUT2D eigenvalue weighted by Crippen LogP contribution is 2.40. The average Bonchev–Trinajstić information content (AvgIpc) is 3.49. The van der Waals surface area contributed by atoms with Crippen LogP contribution in [0.4, 0.5) is 17.1 Å². The van der Waals surface area contributed by atoms with Crippen LogP contribution in [0.25, 0.3) is 0 Å². The lowest BCUT2D eigenvalue weighted by molar-refractivity contribution is -0.0259. The van der Waals surface area contributed by atoms with E-state index in [0.29, 0.717) is 10.4 Å². The van der Waals surface area contributed by atoms with Crippen LogP contribution in [0.2, 0.25) is 5.02 Å². The molecule has 3 N–H and O–H groups in total. The van der Waals surface area contributed by atoms with Gasteiger partial charge in [-0.1, -0.05) is 16.1 Å². The number of phenols is 1. The summed E-state index contributed by atoms with van der Waals surface area (Å²) < 4.78 is 25.6. The lowest BCUT2D eigenvalue weighted by Crippen LogP contribution is -2.38. The highest BCUT2D eigenvalue weighted by Gasteiger charge is 2.33. The fourth-order valence-electron chi connectivity index (χ4n) is 2.84. The van der Waals surface area contributed by atoms with Crippen LogP contribution in [0.1, 0.15) is 19.8 Å². The van der Waals surface area contributed by atoms with Gasteiger partial charge in [0.15, 0.2) is 5.75 Å². The summed E-state index contributed by atoms with van der Waals surface area (Å²) in [5.41, 5.74) is -1.40. The van der Waals surface area contributed by atoms with E-state index in [-0.39, 0.29) is 28.1 Å². The topological polar surface area (TPSA) is 125 Å². The van der Waals surface area contributed by atoms with Gasteiger partial charge in [0.1, 0.15) is 16.3 Å². The molecular weight excluding hydrogens is 410 g/mol. The van der Waals surface area contributed by atoms with E-state index in [1.54, 1.807) is 0 Å². The van der Waals surface area contributed by atoms with Gasteiger partial charge in [-0.2, -0.15) is 0 Å². The Morgan fingerprint density at radius 3 is 2.43 bits per heavy atom. The maximum Gasteiger partial charge on any atom is 0.269 e. The molecule has 2 aromatic rings. The number of aromatic hydroxyl groups is 1. The normalized spacial score (nSPS) is 15.8. The second kappa shape index (κ2) is 7.36. The van der Waals surface area contributed by atoms with Gasteiger partial charge in [0.2, 0.25) is 0 Å². The van der Waals surface area contributed by atoms with Gasteiger partial charge in [-0.05, 0) is 37.8 Å². The zero-order valence-corrected chi connectivity index (χ0v) is 17.0. The van der Waals surface area contributed by atoms with E-state index >= 15 is 0 Å². The number of anilines is 3. The molecule has 0 spiro atoms. The third-order valence-corrected chi connectivity index (χ3v) is 6.99. The second-order valence-electron chi connectivity index (χ2n) is 6.67. The van der Waals surface area contributed by atoms with E-state index in [1.807, 2.05) is 6.92 Å². The van der Waals surface area contributed by atoms with Crippen molar-refractivity contribution < 1.29 is 18.4 Å². The van der Waals surface area contributed by atoms with Gasteiger partial charge in [-0.3, -0.25) is 14.4 Å². The van der Waals surface area contributed by atoms with Crippen molar-refractivity contribution in [1.29, 1.82) is 0 Å². The number of nitrogens with one attached hydrogen (secondary N) is 2. The van der Waals surface area contributed by atoms with Crippen LogP contribution < -0.4 is 21.5 Å². The first-order valence-electron chi connectivity index (χ1n) is 8.51. The van der Waals surface area contributed by atoms with E-state index in [4.69, 9.17) is 16.4 Å². The first-order chi connectivity index (χ1) is 13.1. The van der Waals surface area contributed by atoms with Gasteiger partial charge in [-0.25, -0.2) is 8.42 Å². The molecule has 0 amide bonds. The lowest BCUT2D eigenvalue weighted by atomic mass is 10.1. The molecule has 1 fully saturated rings. The fraction of sp³-hybridized carbons (Fsp3) is 0.412. The van der Waals surface area contributed by atoms with Gasteiger partial charge in [0.25, 0.3) is 20.9 Å². The number of nitrogens with zero attached hydrogens (tertiary/aromatic N) is 1. The molecule has 1 atom stereocenters. The Morgan fingerprint density at radius 1 is 1.25 bits per heavy atom. The predicted molar refractivity (Wildman–Crippen MR) is 106 cm³/mol. The fourth-order valence-corrected chi connectivity index (χ4v) is 4.41. The number of hydrogen-bond acceptors (Lipinski definition) is 8. The molecule has 0 bridgehead atoms. The van der Waals surface area contributed by atoms with Crippen molar-refractivity contribution in [2.75, 3.05) is 24.8 Å². The second-order valence-corrected chi connectivity index (χ2v) is 8.95. The summed E-state index contributed by atoms with van der Waals surface area (Å²) in [6.45, 7) is 1.92. The Balaban J connectivity index is 1.97. The van der Waals surface area contributed by atoms with Gasteiger partial charge in [-0.15, -0.1) is 0 Å². The summed E-state index contributed by atoms with van der Waals surface area (Å²) in [6, 6.07) is 2.59. The largest absolute Gasteiger partial charge is 0.504 e. The van der Waals surface area contributed by atoms with E-state index in [2.05, 4.69) is 10.6 Å². The molecule has 3 rings (SSSR count). The van der Waals surface area contributed by atoms with Crippen molar-refractivity contribution in [3.8, 4) is 5.75 Å². The molecule has 152 valence electrons. The van der Waals surface area contributed by atoms with E-state index in [9.17, 15) is 23.1 Å². The standard InChI is InChI=1S/C17H20ClN3O6S/c1-8(9-4-5-9)19-12-13(16(24)15(12)23)20-11-7-6-10(18)17(14(11)22)28(25,26)21(2)27-3/h6-9,19-20,22H,4-5H2,1-3H3. The predicted octanol–water partition coefficient (Wildman–Crippen LogP) is 1.78. The summed E-state index contributed by atoms with van der Waals surface area (Å²) in [7, 11) is -1.96. The smallest absolute Gasteiger partial charge is 0.269 e. The molecule has 0 saturated heterocycles. The van der Waals surface area contributed by atoms with Crippen LogP contribution in [0.5, 0.6) is 5.75 Å². The summed E-state index contributed by atoms with van der Waals surface area (Å²) >= 11 is 5.97. The third-order valence-electron chi connectivity index (χ3n) is 4.81. The van der Waals surface area contributed by atoms with Crippen molar-refractivity contribution in [3.63, 3.8) is 0 Å². The van der Waals surface area contributed by atoms with E-state index in [1.165, 1.54) is 12.1 Å². The van der Waals surface area contributed by atoms with Crippen LogP contribution in [-0.4, -0.2) is 38.2 Å². The minimum absolute atomic E-state index is 0.0222. The van der Waals surface area contributed by atoms with Gasteiger partial charge in [0, 0.05) is 13.1 Å². The van der Waals surface area contributed by atoms with Crippen molar-refractivity contribution in [2.24, 2.45) is 5.92 Å². The maximum absolute atomic E-state index is 12.5. The van der Waals surface area contributed by atoms with Crippen LogP contribution in [0, 0.1) is 5.92 Å². The van der Waals surface area contributed by atoms with Crippen molar-refractivity contribution >= 4 is 38.7 Å². The molecule has 0 heterocycles. The molecule has 2 aromatic carbocycles. The van der Waals surface area contributed by atoms with Crippen molar-refractivity contribution in [2.45, 2.75) is 30.7 Å². The summed E-state index contributed by atoms with van der Waals surface area (Å²) in [5.74, 6) is -0.242. The molecular formula is C17H20ClN3O6S. The maximum atomic E-state index is 12.5. The van der Waals surface area contributed by atoms with Gasteiger partial charge < -0.3 is 15.7 Å². The van der Waals surface area contributed by atoms with E-state index in [0.717, 1.165) is 27.0 Å². The monoisotopic (exact) mass is 429 g/mol. The molecule has 1 aliphatic rings. The van der Waals surface area contributed by atoms with Crippen molar-refractivity contribution in [3.05, 3.63) is 37.6 Å². The van der Waals surface area contributed by atoms with Crippen molar-refractivity contribution in [1.82, 2.24) is 4.47 Å². The zero-order valence-electron chi connectivity index (χ0n) is 15.4. The number of phenolic OH excluding ortho intramolecular Hbond substituents is 1. The molecule has 0 radical (unpaired) electrons. The Morgan fingerprint density at radius 2 is 1.86 bits per heavy atom. The Hall–Kier alpha value is -2.14. The average molecular weight is 430 g/mol. The Labute approximate surface area is 166 Å². The van der Waals surface area contributed by atoms with Gasteiger partial charge >= 0.3 is 0 Å². The number of hydroxylamine groups is 1. The highest BCUT2D eigenvalue weighted by atomic mass is 35.5. The first-order valence-corrected chi connectivity index (χ1v) is 10.3. The molecule has 11 heteroatoms. The summed E-state index contributed by atoms with van der Waals surface area (Å²) in [5, 5.41) is 15.9. The van der Waals surface area contributed by atoms with Crippen LogP contribution >= 0.6 is 11.6 Å². The molecule has 0 aromatic heterocycles. The van der Waals surface area contributed by atoms with Crippen LogP contribution in [0.3, 0.4) is 0 Å². The molecule has 28 heavy (non-hydrogen) atoms. The lowest BCUT2D eigenvalue weighted by Gasteiger charge is -2.21. The Kier molecular flexibility index (Phi) is 5.41. The minimum atomic E-state index is -4.25. The zero-order chi connectivity index (χ0) is 20.8. The van der Waals surface area contributed by atoms with E-state index < -0.39 is 31.5 Å². The first kappa shape index (κ1) is 20.6. The molecule has 1 saturated carbocycles. The molecule has 1 aliphatic carbocycles. The highest BCUT2D eigenvalue weighted by molar-refractivity contribution is 7.89. The minimum Gasteiger partial charge on any atom is -0.504 e. The molecule has 9 nitrogen and oxygen atoms in total. The SMILES string of the molecule is CON(C)S(=O)(=O)c1c(Cl)ccc(Nc2c(NC(C)C3CC3)c(=O)c2=O)c1O. The summed E-state index contributed by atoms with van der Waals surface area (Å²) in [6.07, 6.45) is 2.11. The van der Waals surface area contributed by atoms with Gasteiger partial charge in [0.05, 0.1) is 17.8 Å². The number of halogens is 1. The van der Waals surface area contributed by atoms with Crippen LogP contribution in [0.15, 0.2) is 26.6 Å². The molecule has 0 aliphatic heterocycles. The van der Waals surface area contributed by atoms with Crippen LogP contribution in [-0.2, 0) is 14.9 Å². The number of sulfonamides is 1. The summed E-state index contributed by atoms with van der Waals surface area (Å²) in [4.78, 5) is 28.0. The third kappa shape index (κ3) is 3.48. The number of benzene rings is 1. The number of rotatable bonds is 8. The quantitative estimate of drug-likeness (QED) is 0.329. The molecule has 1 unspecified atom stereocenters.